The summed E-state index contributed by atoms with van der Waals surface area (Å²) >= 11 is 0. The molecule has 0 aliphatic rings. The molecule has 0 bridgehead atoms. The molecular formula is C23H46O2. The number of hydrogen-bond acceptors (Lipinski definition) is 1. The van der Waals surface area contributed by atoms with E-state index in [1.165, 1.54) is 57.8 Å². The van der Waals surface area contributed by atoms with E-state index < -0.39 is 11.4 Å². The minimum Gasteiger partial charge on any atom is -0.481 e. The van der Waals surface area contributed by atoms with E-state index in [4.69, 9.17) is 0 Å². The Balaban J connectivity index is 4.79. The zero-order valence-electron chi connectivity index (χ0n) is 17.7. The number of aliphatic carboxylic acids is 1. The summed E-state index contributed by atoms with van der Waals surface area (Å²) in [5.41, 5.74) is -0.470. The maximum absolute atomic E-state index is 12.3. The Labute approximate surface area is 158 Å². The van der Waals surface area contributed by atoms with Gasteiger partial charge in [-0.15, -0.1) is 0 Å². The van der Waals surface area contributed by atoms with Crippen molar-refractivity contribution >= 4 is 5.97 Å². The number of carboxylic acid groups (broad SMARTS) is 1. The van der Waals surface area contributed by atoms with Crippen LogP contribution in [0.25, 0.3) is 0 Å². The molecule has 0 amide bonds. The van der Waals surface area contributed by atoms with Gasteiger partial charge in [-0.05, 0) is 31.6 Å². The zero-order valence-corrected chi connectivity index (χ0v) is 17.7. The lowest BCUT2D eigenvalue weighted by Crippen LogP contribution is -2.39. The molecule has 0 aromatic heterocycles. The van der Waals surface area contributed by atoms with Crippen molar-refractivity contribution in [1.82, 2.24) is 0 Å². The second-order valence-electron chi connectivity index (χ2n) is 8.06. The van der Waals surface area contributed by atoms with E-state index in [1.807, 2.05) is 0 Å². The van der Waals surface area contributed by atoms with Crippen LogP contribution in [0, 0.1) is 11.3 Å². The summed E-state index contributed by atoms with van der Waals surface area (Å²) in [7, 11) is 0. The predicted octanol–water partition coefficient (Wildman–Crippen LogP) is 7.99. The molecule has 25 heavy (non-hydrogen) atoms. The minimum absolute atomic E-state index is 0.368. The van der Waals surface area contributed by atoms with Crippen molar-refractivity contribution < 1.29 is 9.90 Å². The first-order valence-corrected chi connectivity index (χ1v) is 11.3. The molecule has 0 aromatic carbocycles. The molecule has 0 aliphatic carbocycles. The molecule has 0 saturated carbocycles. The lowest BCUT2D eigenvalue weighted by molar-refractivity contribution is -0.155. The summed E-state index contributed by atoms with van der Waals surface area (Å²) in [5.74, 6) is -0.154. The van der Waals surface area contributed by atoms with Gasteiger partial charge < -0.3 is 5.11 Å². The Morgan fingerprint density at radius 2 is 1.20 bits per heavy atom. The number of rotatable bonds is 18. The van der Waals surface area contributed by atoms with Gasteiger partial charge in [-0.1, -0.05) is 105 Å². The molecule has 0 fully saturated rings. The fourth-order valence-electron chi connectivity index (χ4n) is 4.36. The van der Waals surface area contributed by atoms with E-state index in [2.05, 4.69) is 27.7 Å². The van der Waals surface area contributed by atoms with Crippen molar-refractivity contribution in [3.63, 3.8) is 0 Å². The van der Waals surface area contributed by atoms with Crippen LogP contribution in [0.15, 0.2) is 0 Å². The molecule has 2 atom stereocenters. The summed E-state index contributed by atoms with van der Waals surface area (Å²) in [6.45, 7) is 8.80. The second-order valence-corrected chi connectivity index (χ2v) is 8.06. The Hall–Kier alpha value is -0.530. The molecule has 0 aliphatic heterocycles. The monoisotopic (exact) mass is 354 g/mol. The first kappa shape index (κ1) is 24.5. The van der Waals surface area contributed by atoms with E-state index in [0.717, 1.165) is 44.9 Å². The summed E-state index contributed by atoms with van der Waals surface area (Å²) in [4.78, 5) is 12.3. The van der Waals surface area contributed by atoms with Gasteiger partial charge in [0.1, 0.15) is 0 Å². The van der Waals surface area contributed by atoms with E-state index in [1.54, 1.807) is 0 Å². The van der Waals surface area contributed by atoms with Gasteiger partial charge in [-0.3, -0.25) is 4.79 Å². The van der Waals surface area contributed by atoms with Gasteiger partial charge in [0, 0.05) is 0 Å². The van der Waals surface area contributed by atoms with Crippen molar-refractivity contribution in [2.75, 3.05) is 0 Å². The quantitative estimate of drug-likeness (QED) is 0.253. The van der Waals surface area contributed by atoms with Gasteiger partial charge in [0.2, 0.25) is 0 Å². The number of carboxylic acids is 1. The molecule has 1 N–H and O–H groups in total. The van der Waals surface area contributed by atoms with Crippen molar-refractivity contribution in [3.8, 4) is 0 Å². The smallest absolute Gasteiger partial charge is 0.309 e. The molecule has 150 valence electrons. The van der Waals surface area contributed by atoms with E-state index in [9.17, 15) is 9.90 Å². The third-order valence-electron chi connectivity index (χ3n) is 5.94. The Kier molecular flexibility index (Phi) is 15.4. The molecule has 0 radical (unpaired) electrons. The first-order chi connectivity index (χ1) is 12.1. The molecule has 0 saturated heterocycles. The van der Waals surface area contributed by atoms with Crippen molar-refractivity contribution in [3.05, 3.63) is 0 Å². The molecule has 0 rings (SSSR count). The van der Waals surface area contributed by atoms with Crippen LogP contribution in [0.3, 0.4) is 0 Å². The maximum atomic E-state index is 12.3. The highest BCUT2D eigenvalue weighted by molar-refractivity contribution is 5.75. The van der Waals surface area contributed by atoms with E-state index in [-0.39, 0.29) is 0 Å². The molecule has 0 spiro atoms. The van der Waals surface area contributed by atoms with Gasteiger partial charge in [0.15, 0.2) is 0 Å². The van der Waals surface area contributed by atoms with Gasteiger partial charge in [-0.2, -0.15) is 0 Å². The largest absolute Gasteiger partial charge is 0.481 e. The molecular weight excluding hydrogens is 308 g/mol. The van der Waals surface area contributed by atoms with E-state index >= 15 is 0 Å². The molecule has 2 unspecified atom stereocenters. The highest BCUT2D eigenvalue weighted by atomic mass is 16.4. The summed E-state index contributed by atoms with van der Waals surface area (Å²) in [6, 6.07) is 0. The van der Waals surface area contributed by atoms with Gasteiger partial charge in [0.25, 0.3) is 0 Å². The average molecular weight is 355 g/mol. The third-order valence-corrected chi connectivity index (χ3v) is 5.94. The Morgan fingerprint density at radius 3 is 1.72 bits per heavy atom. The normalized spacial score (nSPS) is 15.0. The van der Waals surface area contributed by atoms with Crippen LogP contribution in [-0.4, -0.2) is 11.1 Å². The average Bonchev–Trinajstić information content (AvgIpc) is 2.60. The van der Waals surface area contributed by atoms with Crippen LogP contribution in [0.2, 0.25) is 0 Å². The van der Waals surface area contributed by atoms with Crippen LogP contribution in [0.5, 0.6) is 0 Å². The highest BCUT2D eigenvalue weighted by Gasteiger charge is 2.43. The topological polar surface area (TPSA) is 37.3 Å². The minimum atomic E-state index is -0.521. The van der Waals surface area contributed by atoms with Crippen LogP contribution >= 0.6 is 0 Å². The second kappa shape index (κ2) is 15.7. The third kappa shape index (κ3) is 9.66. The molecule has 0 aromatic rings. The maximum Gasteiger partial charge on any atom is 0.309 e. The lowest BCUT2D eigenvalue weighted by Gasteiger charge is -2.38. The summed E-state index contributed by atoms with van der Waals surface area (Å²) < 4.78 is 0. The molecule has 2 heteroatoms. The fraction of sp³-hybridized carbons (Fsp3) is 0.957. The van der Waals surface area contributed by atoms with Crippen molar-refractivity contribution in [1.29, 1.82) is 0 Å². The fourth-order valence-corrected chi connectivity index (χ4v) is 4.36. The highest BCUT2D eigenvalue weighted by Crippen LogP contribution is 2.44. The van der Waals surface area contributed by atoms with Gasteiger partial charge in [0.05, 0.1) is 5.41 Å². The molecule has 0 heterocycles. The van der Waals surface area contributed by atoms with Crippen LogP contribution in [0.4, 0.5) is 0 Å². The van der Waals surface area contributed by atoms with Crippen LogP contribution in [0.1, 0.15) is 130 Å². The summed E-state index contributed by atoms with van der Waals surface area (Å²) in [6.07, 6.45) is 18.6. The Bertz CT molecular complexity index is 313. The van der Waals surface area contributed by atoms with Crippen LogP contribution in [-0.2, 0) is 4.79 Å². The van der Waals surface area contributed by atoms with E-state index in [0.29, 0.717) is 5.92 Å². The van der Waals surface area contributed by atoms with Crippen molar-refractivity contribution in [2.45, 2.75) is 130 Å². The summed E-state index contributed by atoms with van der Waals surface area (Å²) in [5, 5.41) is 10.2. The van der Waals surface area contributed by atoms with Gasteiger partial charge >= 0.3 is 5.97 Å². The SMILES string of the molecule is CCCCCCCCCC(CCCC)C(CCC)(CCCC)C(=O)O. The first-order valence-electron chi connectivity index (χ1n) is 11.3. The number of carbonyl (C=O) groups is 1. The zero-order chi connectivity index (χ0) is 19.0. The standard InChI is InChI=1S/C23H46O2/c1-5-9-12-13-14-15-16-18-21(17-10-6-2)23(19-8-4,22(24)25)20-11-7-3/h21H,5-20H2,1-4H3,(H,24,25). The van der Waals surface area contributed by atoms with Crippen molar-refractivity contribution in [2.24, 2.45) is 11.3 Å². The Morgan fingerprint density at radius 1 is 0.680 bits per heavy atom. The number of hydrogen-bond donors (Lipinski definition) is 1. The van der Waals surface area contributed by atoms with Gasteiger partial charge in [-0.25, -0.2) is 0 Å². The lowest BCUT2D eigenvalue weighted by atomic mass is 9.65. The number of unbranched alkanes of at least 4 members (excludes halogenated alkanes) is 8. The predicted molar refractivity (Wildman–Crippen MR) is 110 cm³/mol. The molecule has 2 nitrogen and oxygen atoms in total. The van der Waals surface area contributed by atoms with Crippen LogP contribution < -0.4 is 0 Å².